The number of nitro benzene ring substituents is 1. The summed E-state index contributed by atoms with van der Waals surface area (Å²) in [4.78, 5) is 39.4. The van der Waals surface area contributed by atoms with Crippen LogP contribution in [0, 0.1) is 15.5 Å². The standard InChI is InChI=1S/C23H27N3O6/c1-13-19(22(29)25-6-8-32-9-7-25)20(14-4-5-17(27)16(10-14)26(30)31)21-15(24-13)11-23(2,3)12-18(21)28/h4-5,10,20,24,27H,6-9,11-12H2,1-3H3/t20-/m0/s1. The van der Waals surface area contributed by atoms with Crippen molar-refractivity contribution in [3.05, 3.63) is 56.4 Å². The molecule has 1 aromatic rings. The summed E-state index contributed by atoms with van der Waals surface area (Å²) in [5.74, 6) is -1.50. The number of allylic oxidation sites excluding steroid dienone is 3. The summed E-state index contributed by atoms with van der Waals surface area (Å²) in [6.07, 6.45) is 0.948. The van der Waals surface area contributed by atoms with Crippen molar-refractivity contribution < 1.29 is 24.4 Å². The fraction of sp³-hybridized carbons (Fsp3) is 0.478. The summed E-state index contributed by atoms with van der Waals surface area (Å²) in [7, 11) is 0. The quantitative estimate of drug-likeness (QED) is 0.546. The van der Waals surface area contributed by atoms with Gasteiger partial charge in [0, 0.05) is 54.0 Å². The largest absolute Gasteiger partial charge is 0.502 e. The Labute approximate surface area is 185 Å². The Balaban J connectivity index is 1.88. The normalized spacial score (nSPS) is 23.0. The Morgan fingerprint density at radius 2 is 1.97 bits per heavy atom. The van der Waals surface area contributed by atoms with Gasteiger partial charge >= 0.3 is 5.69 Å². The molecule has 2 aliphatic heterocycles. The number of carbonyl (C=O) groups is 2. The predicted molar refractivity (Wildman–Crippen MR) is 116 cm³/mol. The number of phenolic OH excluding ortho intramolecular Hbond substituents is 1. The average Bonchev–Trinajstić information content (AvgIpc) is 2.72. The van der Waals surface area contributed by atoms with Gasteiger partial charge in [-0.1, -0.05) is 19.9 Å². The van der Waals surface area contributed by atoms with E-state index in [0.717, 1.165) is 5.70 Å². The first-order valence-electron chi connectivity index (χ1n) is 10.7. The summed E-state index contributed by atoms with van der Waals surface area (Å²) in [5, 5.41) is 24.7. The first-order valence-corrected chi connectivity index (χ1v) is 10.7. The minimum Gasteiger partial charge on any atom is -0.502 e. The summed E-state index contributed by atoms with van der Waals surface area (Å²) in [6, 6.07) is 4.07. The molecule has 1 aliphatic carbocycles. The van der Waals surface area contributed by atoms with Gasteiger partial charge in [0.2, 0.25) is 0 Å². The first-order chi connectivity index (χ1) is 15.1. The number of phenols is 1. The summed E-state index contributed by atoms with van der Waals surface area (Å²) >= 11 is 0. The minimum absolute atomic E-state index is 0.0794. The third-order valence-corrected chi connectivity index (χ3v) is 6.30. The Bertz CT molecular complexity index is 1070. The molecule has 1 atom stereocenters. The molecule has 32 heavy (non-hydrogen) atoms. The lowest BCUT2D eigenvalue weighted by Crippen LogP contribution is -2.45. The van der Waals surface area contributed by atoms with Crippen molar-refractivity contribution in [2.45, 2.75) is 39.5 Å². The summed E-state index contributed by atoms with van der Waals surface area (Å²) in [5.41, 5.74) is 2.01. The molecule has 9 heteroatoms. The van der Waals surface area contributed by atoms with E-state index < -0.39 is 22.3 Å². The molecular weight excluding hydrogens is 414 g/mol. The van der Waals surface area contributed by atoms with E-state index in [2.05, 4.69) is 5.32 Å². The fourth-order valence-electron chi connectivity index (χ4n) is 4.86. The summed E-state index contributed by atoms with van der Waals surface area (Å²) < 4.78 is 5.36. The van der Waals surface area contributed by atoms with Crippen LogP contribution in [0.1, 0.15) is 45.1 Å². The van der Waals surface area contributed by atoms with Crippen LogP contribution in [-0.4, -0.2) is 52.9 Å². The molecule has 1 amide bonds. The predicted octanol–water partition coefficient (Wildman–Crippen LogP) is 2.76. The second-order valence-electron chi connectivity index (χ2n) is 9.34. The number of ketones is 1. The number of carbonyl (C=O) groups excluding carboxylic acids is 2. The molecule has 0 bridgehead atoms. The van der Waals surface area contributed by atoms with Crippen molar-refractivity contribution >= 4 is 17.4 Å². The van der Waals surface area contributed by atoms with Gasteiger partial charge in [0.15, 0.2) is 11.5 Å². The van der Waals surface area contributed by atoms with E-state index in [1.807, 2.05) is 13.8 Å². The van der Waals surface area contributed by atoms with Crippen LogP contribution in [0.15, 0.2) is 40.7 Å². The lowest BCUT2D eigenvalue weighted by Gasteiger charge is -2.40. The van der Waals surface area contributed by atoms with Crippen LogP contribution in [0.3, 0.4) is 0 Å². The van der Waals surface area contributed by atoms with E-state index in [-0.39, 0.29) is 17.1 Å². The fourth-order valence-corrected chi connectivity index (χ4v) is 4.86. The van der Waals surface area contributed by atoms with Gasteiger partial charge in [-0.15, -0.1) is 0 Å². The van der Waals surface area contributed by atoms with Crippen molar-refractivity contribution in [1.82, 2.24) is 10.2 Å². The van der Waals surface area contributed by atoms with Gasteiger partial charge in [-0.05, 0) is 30.4 Å². The van der Waals surface area contributed by atoms with Gasteiger partial charge in [0.1, 0.15) is 0 Å². The SMILES string of the molecule is CC1=C(C(=O)N2CCOCC2)[C@H](c2ccc(O)c([N+](=O)[O-])c2)C2=C(CC(C)(C)CC2=O)N1. The maximum absolute atomic E-state index is 13.6. The lowest BCUT2D eigenvalue weighted by atomic mass is 9.68. The van der Waals surface area contributed by atoms with E-state index in [1.165, 1.54) is 12.1 Å². The third kappa shape index (κ3) is 3.88. The Morgan fingerprint density at radius 1 is 1.28 bits per heavy atom. The van der Waals surface area contributed by atoms with Crippen molar-refractivity contribution in [2.24, 2.45) is 5.41 Å². The molecule has 0 spiro atoms. The van der Waals surface area contributed by atoms with Crippen LogP contribution in [-0.2, 0) is 14.3 Å². The second-order valence-corrected chi connectivity index (χ2v) is 9.34. The molecule has 9 nitrogen and oxygen atoms in total. The highest BCUT2D eigenvalue weighted by atomic mass is 16.6. The van der Waals surface area contributed by atoms with E-state index in [0.29, 0.717) is 61.6 Å². The number of morpholine rings is 1. The van der Waals surface area contributed by atoms with Crippen LogP contribution in [0.4, 0.5) is 5.69 Å². The van der Waals surface area contributed by atoms with Gasteiger partial charge in [0.25, 0.3) is 5.91 Å². The molecule has 2 N–H and O–H groups in total. The monoisotopic (exact) mass is 441 g/mol. The average molecular weight is 441 g/mol. The molecule has 4 rings (SSSR count). The van der Waals surface area contributed by atoms with E-state index in [9.17, 15) is 24.8 Å². The number of hydrogen-bond donors (Lipinski definition) is 2. The van der Waals surface area contributed by atoms with Crippen LogP contribution in [0.2, 0.25) is 0 Å². The molecule has 1 fully saturated rings. The van der Waals surface area contributed by atoms with E-state index in [4.69, 9.17) is 4.74 Å². The molecule has 0 radical (unpaired) electrons. The molecule has 3 aliphatic rings. The Morgan fingerprint density at radius 3 is 2.62 bits per heavy atom. The van der Waals surface area contributed by atoms with Crippen molar-refractivity contribution in [3.63, 3.8) is 0 Å². The number of benzene rings is 1. The molecule has 2 heterocycles. The lowest BCUT2D eigenvalue weighted by molar-refractivity contribution is -0.385. The first kappa shape index (κ1) is 22.0. The number of nitrogens with one attached hydrogen (secondary N) is 1. The van der Waals surface area contributed by atoms with Crippen molar-refractivity contribution in [2.75, 3.05) is 26.3 Å². The van der Waals surface area contributed by atoms with Gasteiger partial charge in [-0.3, -0.25) is 19.7 Å². The van der Waals surface area contributed by atoms with Crippen LogP contribution in [0.25, 0.3) is 0 Å². The van der Waals surface area contributed by atoms with Crippen LogP contribution >= 0.6 is 0 Å². The zero-order valence-electron chi connectivity index (χ0n) is 18.4. The van der Waals surface area contributed by atoms with Gasteiger partial charge in [-0.2, -0.15) is 0 Å². The Kier molecular flexibility index (Phi) is 5.54. The van der Waals surface area contributed by atoms with E-state index >= 15 is 0 Å². The van der Waals surface area contributed by atoms with Gasteiger partial charge in [-0.25, -0.2) is 0 Å². The number of hydrogen-bond acceptors (Lipinski definition) is 7. The molecule has 0 unspecified atom stereocenters. The maximum atomic E-state index is 13.6. The minimum atomic E-state index is -0.746. The molecule has 0 aromatic heterocycles. The van der Waals surface area contributed by atoms with Crippen molar-refractivity contribution in [3.8, 4) is 5.75 Å². The highest BCUT2D eigenvalue weighted by Crippen LogP contribution is 2.47. The second kappa shape index (κ2) is 8.05. The zero-order chi connectivity index (χ0) is 23.2. The number of nitro groups is 1. The number of rotatable bonds is 3. The highest BCUT2D eigenvalue weighted by Gasteiger charge is 2.44. The number of Topliss-reactive ketones (excluding diaryl/α,β-unsaturated/α-hetero) is 1. The van der Waals surface area contributed by atoms with Gasteiger partial charge < -0.3 is 20.1 Å². The zero-order valence-corrected chi connectivity index (χ0v) is 18.4. The number of amides is 1. The smallest absolute Gasteiger partial charge is 0.310 e. The topological polar surface area (TPSA) is 122 Å². The molecular formula is C23H27N3O6. The van der Waals surface area contributed by atoms with Crippen molar-refractivity contribution in [1.29, 1.82) is 0 Å². The van der Waals surface area contributed by atoms with Gasteiger partial charge in [0.05, 0.1) is 18.1 Å². The Hall–Kier alpha value is -3.20. The maximum Gasteiger partial charge on any atom is 0.310 e. The molecule has 170 valence electrons. The highest BCUT2D eigenvalue weighted by molar-refractivity contribution is 6.05. The van der Waals surface area contributed by atoms with Crippen LogP contribution < -0.4 is 5.32 Å². The number of ether oxygens (including phenoxy) is 1. The molecule has 1 aromatic carbocycles. The van der Waals surface area contributed by atoms with Crippen LogP contribution in [0.5, 0.6) is 5.75 Å². The van der Waals surface area contributed by atoms with E-state index in [1.54, 1.807) is 17.9 Å². The number of dihydropyridines is 1. The molecule has 0 saturated carbocycles. The molecule has 1 saturated heterocycles. The number of aromatic hydroxyl groups is 1. The number of nitrogens with zero attached hydrogens (tertiary/aromatic N) is 2. The summed E-state index contributed by atoms with van der Waals surface area (Å²) in [6.45, 7) is 7.57. The third-order valence-electron chi connectivity index (χ3n) is 6.30.